The van der Waals surface area contributed by atoms with Gasteiger partial charge >= 0.3 is 5.97 Å². The SMILES string of the molecule is CCOC(=O)[C@H](C)Oc1c(Br)cc(Cl)cc1C=Nn1c(-c2cc(C(C)C)c(OC)cc2C)nc2ccccc2c1=O. The van der Waals surface area contributed by atoms with Crippen molar-refractivity contribution in [1.29, 1.82) is 0 Å². The first-order valence-corrected chi connectivity index (χ1v) is 14.3. The van der Waals surface area contributed by atoms with Gasteiger partial charge < -0.3 is 14.2 Å². The molecule has 1 heterocycles. The van der Waals surface area contributed by atoms with Crippen molar-refractivity contribution in [2.75, 3.05) is 13.7 Å². The average molecular weight is 641 g/mol. The van der Waals surface area contributed by atoms with Gasteiger partial charge in [0.05, 0.1) is 35.3 Å². The van der Waals surface area contributed by atoms with Crippen LogP contribution in [-0.2, 0) is 9.53 Å². The van der Waals surface area contributed by atoms with Crippen LogP contribution in [0.4, 0.5) is 0 Å². The molecule has 8 nitrogen and oxygen atoms in total. The molecule has 0 saturated carbocycles. The van der Waals surface area contributed by atoms with Crippen LogP contribution >= 0.6 is 27.5 Å². The number of esters is 1. The summed E-state index contributed by atoms with van der Waals surface area (Å²) in [5.41, 5.74) is 3.25. The minimum Gasteiger partial charge on any atom is -0.496 e. The number of carbonyl (C=O) groups is 1. The highest BCUT2D eigenvalue weighted by molar-refractivity contribution is 9.10. The number of nitrogens with zero attached hydrogens (tertiary/aromatic N) is 3. The molecule has 4 rings (SSSR count). The molecule has 4 aromatic rings. The molecule has 3 aromatic carbocycles. The molecule has 0 aliphatic heterocycles. The third-order valence-electron chi connectivity index (χ3n) is 6.46. The van der Waals surface area contributed by atoms with E-state index in [-0.39, 0.29) is 18.1 Å². The molecule has 41 heavy (non-hydrogen) atoms. The number of para-hydroxylation sites is 1. The summed E-state index contributed by atoms with van der Waals surface area (Å²) in [5, 5.41) is 5.43. The second kappa shape index (κ2) is 12.9. The predicted octanol–water partition coefficient (Wildman–Crippen LogP) is 7.13. The summed E-state index contributed by atoms with van der Waals surface area (Å²) in [4.78, 5) is 30.9. The first kappa shape index (κ1) is 30.3. The summed E-state index contributed by atoms with van der Waals surface area (Å²) in [5.74, 6) is 1.12. The van der Waals surface area contributed by atoms with Crippen molar-refractivity contribution in [2.45, 2.75) is 46.6 Å². The number of carbonyl (C=O) groups excluding carboxylic acids is 1. The molecule has 0 radical (unpaired) electrons. The first-order valence-electron chi connectivity index (χ1n) is 13.1. The van der Waals surface area contributed by atoms with E-state index in [9.17, 15) is 9.59 Å². The fourth-order valence-corrected chi connectivity index (χ4v) is 5.30. The van der Waals surface area contributed by atoms with E-state index in [1.54, 1.807) is 51.3 Å². The Morgan fingerprint density at radius 3 is 2.59 bits per heavy atom. The highest BCUT2D eigenvalue weighted by Gasteiger charge is 2.21. The number of ether oxygens (including phenoxy) is 3. The lowest BCUT2D eigenvalue weighted by molar-refractivity contribution is -0.150. The van der Waals surface area contributed by atoms with Crippen molar-refractivity contribution in [3.05, 3.63) is 85.1 Å². The number of benzene rings is 3. The number of aryl methyl sites for hydroxylation is 1. The van der Waals surface area contributed by atoms with Gasteiger partial charge in [0.2, 0.25) is 0 Å². The van der Waals surface area contributed by atoms with E-state index in [0.29, 0.717) is 37.5 Å². The predicted molar refractivity (Wildman–Crippen MR) is 166 cm³/mol. The van der Waals surface area contributed by atoms with Crippen molar-refractivity contribution >= 4 is 50.6 Å². The second-order valence-corrected chi connectivity index (χ2v) is 11.0. The van der Waals surface area contributed by atoms with Crippen molar-refractivity contribution in [3.63, 3.8) is 0 Å². The summed E-state index contributed by atoms with van der Waals surface area (Å²) < 4.78 is 18.4. The Kier molecular flexibility index (Phi) is 9.50. The van der Waals surface area contributed by atoms with Gasteiger partial charge in [-0.05, 0) is 90.1 Å². The summed E-state index contributed by atoms with van der Waals surface area (Å²) in [6, 6.07) is 14.4. The number of rotatable bonds is 9. The molecule has 0 N–H and O–H groups in total. The molecule has 0 aliphatic rings. The highest BCUT2D eigenvalue weighted by atomic mass is 79.9. The maximum Gasteiger partial charge on any atom is 0.347 e. The zero-order chi connectivity index (χ0) is 29.8. The molecule has 1 atom stereocenters. The van der Waals surface area contributed by atoms with Crippen LogP contribution in [0, 0.1) is 6.92 Å². The van der Waals surface area contributed by atoms with Gasteiger partial charge in [0.15, 0.2) is 11.9 Å². The number of hydrogen-bond donors (Lipinski definition) is 0. The molecule has 10 heteroatoms. The molecule has 0 unspecified atom stereocenters. The quantitative estimate of drug-likeness (QED) is 0.143. The third-order valence-corrected chi connectivity index (χ3v) is 7.26. The van der Waals surface area contributed by atoms with Gasteiger partial charge in [-0.2, -0.15) is 9.78 Å². The van der Waals surface area contributed by atoms with Gasteiger partial charge in [-0.25, -0.2) is 9.78 Å². The Balaban J connectivity index is 1.93. The van der Waals surface area contributed by atoms with Gasteiger partial charge in [-0.3, -0.25) is 4.79 Å². The van der Waals surface area contributed by atoms with E-state index in [2.05, 4.69) is 34.9 Å². The Hall–Kier alpha value is -3.69. The molecule has 0 aliphatic carbocycles. The van der Waals surface area contributed by atoms with Crippen LogP contribution in [0.1, 0.15) is 50.3 Å². The first-order chi connectivity index (χ1) is 19.5. The van der Waals surface area contributed by atoms with Crippen molar-refractivity contribution in [1.82, 2.24) is 9.66 Å². The lowest BCUT2D eigenvalue weighted by Gasteiger charge is -2.18. The minimum atomic E-state index is -0.892. The Morgan fingerprint density at radius 2 is 1.90 bits per heavy atom. The van der Waals surface area contributed by atoms with Crippen LogP contribution < -0.4 is 15.0 Å². The fourth-order valence-electron chi connectivity index (χ4n) is 4.38. The summed E-state index contributed by atoms with van der Waals surface area (Å²) in [6.07, 6.45) is 0.574. The van der Waals surface area contributed by atoms with Crippen molar-refractivity contribution in [2.24, 2.45) is 5.10 Å². The standard InChI is InChI=1S/C31H31BrClN3O5/c1-7-40-31(38)19(5)41-28-20(13-21(33)14-25(28)32)16-34-36-29(35-26-11-9-8-10-22(26)30(36)37)24-15-23(17(2)3)27(39-6)12-18(24)4/h8-17,19H,7H2,1-6H3/t19-/m0/s1. The highest BCUT2D eigenvalue weighted by Crippen LogP contribution is 2.35. The lowest BCUT2D eigenvalue weighted by atomic mass is 9.96. The number of methoxy groups -OCH3 is 1. The van der Waals surface area contributed by atoms with E-state index in [1.807, 2.05) is 25.1 Å². The molecule has 1 aromatic heterocycles. The minimum absolute atomic E-state index is 0.165. The number of hydrogen-bond acceptors (Lipinski definition) is 7. The van der Waals surface area contributed by atoms with E-state index in [1.165, 1.54) is 10.9 Å². The van der Waals surface area contributed by atoms with Crippen LogP contribution in [0.15, 0.2) is 62.9 Å². The Labute approximate surface area is 252 Å². The molecule has 0 saturated heterocycles. The van der Waals surface area contributed by atoms with Gasteiger partial charge in [-0.15, -0.1) is 0 Å². The van der Waals surface area contributed by atoms with Gasteiger partial charge in [0.25, 0.3) is 5.56 Å². The fraction of sp³-hybridized carbons (Fsp3) is 0.290. The number of fused-ring (bicyclic) bond motifs is 1. The van der Waals surface area contributed by atoms with Crippen LogP contribution in [0.3, 0.4) is 0 Å². The summed E-state index contributed by atoms with van der Waals surface area (Å²) in [7, 11) is 1.64. The van der Waals surface area contributed by atoms with Crippen LogP contribution in [0.25, 0.3) is 22.3 Å². The topological polar surface area (TPSA) is 92.0 Å². The molecule has 0 spiro atoms. The molecular formula is C31H31BrClN3O5. The van der Waals surface area contributed by atoms with Crippen LogP contribution in [-0.4, -0.2) is 41.7 Å². The van der Waals surface area contributed by atoms with Gasteiger partial charge in [-0.1, -0.05) is 37.6 Å². The Bertz CT molecular complexity index is 1700. The third kappa shape index (κ3) is 6.47. The zero-order valence-electron chi connectivity index (χ0n) is 23.7. The number of aromatic nitrogens is 2. The molecule has 214 valence electrons. The smallest absolute Gasteiger partial charge is 0.347 e. The zero-order valence-corrected chi connectivity index (χ0v) is 26.0. The maximum absolute atomic E-state index is 13.8. The van der Waals surface area contributed by atoms with Crippen molar-refractivity contribution in [3.8, 4) is 22.9 Å². The Morgan fingerprint density at radius 1 is 1.17 bits per heavy atom. The largest absolute Gasteiger partial charge is 0.496 e. The molecule has 0 amide bonds. The van der Waals surface area contributed by atoms with Crippen LogP contribution in [0.5, 0.6) is 11.5 Å². The maximum atomic E-state index is 13.8. The van der Waals surface area contributed by atoms with Gasteiger partial charge in [0.1, 0.15) is 11.5 Å². The average Bonchev–Trinajstić information content (AvgIpc) is 2.93. The normalized spacial score (nSPS) is 12.2. The van der Waals surface area contributed by atoms with Crippen LogP contribution in [0.2, 0.25) is 5.02 Å². The number of halogens is 2. The molecular weight excluding hydrogens is 610 g/mol. The van der Waals surface area contributed by atoms with E-state index >= 15 is 0 Å². The van der Waals surface area contributed by atoms with E-state index in [0.717, 1.165) is 22.4 Å². The second-order valence-electron chi connectivity index (χ2n) is 9.70. The molecule has 0 fully saturated rings. The summed E-state index contributed by atoms with van der Waals surface area (Å²) in [6.45, 7) is 9.63. The van der Waals surface area contributed by atoms with Gasteiger partial charge in [0, 0.05) is 16.1 Å². The summed E-state index contributed by atoms with van der Waals surface area (Å²) >= 11 is 9.82. The van der Waals surface area contributed by atoms with E-state index in [4.69, 9.17) is 30.8 Å². The monoisotopic (exact) mass is 639 g/mol. The van der Waals surface area contributed by atoms with E-state index < -0.39 is 12.1 Å². The molecule has 0 bridgehead atoms. The lowest BCUT2D eigenvalue weighted by Crippen LogP contribution is -2.26. The van der Waals surface area contributed by atoms with Crippen molar-refractivity contribution < 1.29 is 19.0 Å².